The van der Waals surface area contributed by atoms with Crippen LogP contribution in [0.1, 0.15) is 15.9 Å². The van der Waals surface area contributed by atoms with Gasteiger partial charge < -0.3 is 20.1 Å². The number of carboxylic acids is 1. The van der Waals surface area contributed by atoms with E-state index in [1.165, 1.54) is 18.2 Å². The zero-order chi connectivity index (χ0) is 17.8. The number of carbonyl (C=O) groups excluding carboxylic acids is 1. The van der Waals surface area contributed by atoms with E-state index in [0.29, 0.717) is 11.1 Å². The van der Waals surface area contributed by atoms with Gasteiger partial charge in [-0.2, -0.15) is 0 Å². The van der Waals surface area contributed by atoms with Gasteiger partial charge >= 0.3 is 5.97 Å². The molecular weight excluding hydrogens is 320 g/mol. The van der Waals surface area contributed by atoms with E-state index in [4.69, 9.17) is 5.11 Å². The molecule has 1 aromatic heterocycles. The Morgan fingerprint density at radius 1 is 1.00 bits per heavy atom. The van der Waals surface area contributed by atoms with Crippen molar-refractivity contribution in [2.75, 3.05) is 5.32 Å². The molecule has 0 aliphatic carbocycles. The molecule has 25 heavy (non-hydrogen) atoms. The number of benzene rings is 2. The van der Waals surface area contributed by atoms with Crippen molar-refractivity contribution < 1.29 is 19.8 Å². The van der Waals surface area contributed by atoms with Crippen molar-refractivity contribution in [3.63, 3.8) is 0 Å². The molecule has 0 atom stereocenters. The zero-order valence-electron chi connectivity index (χ0n) is 13.2. The van der Waals surface area contributed by atoms with Gasteiger partial charge in [-0.3, -0.25) is 9.59 Å². The molecule has 0 saturated heterocycles. The minimum absolute atomic E-state index is 0.119. The minimum atomic E-state index is -0.983. The summed E-state index contributed by atoms with van der Waals surface area (Å²) >= 11 is 0. The molecule has 0 bridgehead atoms. The van der Waals surface area contributed by atoms with Crippen LogP contribution in [0.5, 0.6) is 5.75 Å². The van der Waals surface area contributed by atoms with Crippen molar-refractivity contribution >= 4 is 17.6 Å². The molecule has 0 aliphatic heterocycles. The van der Waals surface area contributed by atoms with Crippen molar-refractivity contribution in [3.8, 4) is 11.4 Å². The molecule has 2 aromatic carbocycles. The summed E-state index contributed by atoms with van der Waals surface area (Å²) in [5.41, 5.74) is 2.02. The third-order valence-corrected chi connectivity index (χ3v) is 3.70. The first-order chi connectivity index (χ1) is 12.0. The summed E-state index contributed by atoms with van der Waals surface area (Å²) in [5.74, 6) is -1.49. The number of aromatic hydroxyl groups is 1. The number of phenols is 1. The highest BCUT2D eigenvalue weighted by Gasteiger charge is 2.11. The molecule has 6 nitrogen and oxygen atoms in total. The Labute approximate surface area is 144 Å². The number of carbonyl (C=O) groups is 2. The molecule has 0 fully saturated rings. The number of anilines is 1. The average molecular weight is 336 g/mol. The fourth-order valence-corrected chi connectivity index (χ4v) is 2.45. The van der Waals surface area contributed by atoms with Crippen LogP contribution in [-0.2, 0) is 11.2 Å². The maximum absolute atomic E-state index is 12.4. The fraction of sp³-hybridized carbons (Fsp3) is 0.0526. The SMILES string of the molecule is O=C(O)Cc1ccc(O)c(NC(=O)c2ccc(-n3cccc3)cc2)c1. The van der Waals surface area contributed by atoms with E-state index in [1.54, 1.807) is 12.1 Å². The number of carboxylic acid groups (broad SMARTS) is 1. The Morgan fingerprint density at radius 2 is 1.68 bits per heavy atom. The molecule has 6 heteroatoms. The van der Waals surface area contributed by atoms with Gasteiger partial charge in [0.2, 0.25) is 0 Å². The standard InChI is InChI=1S/C19H16N2O4/c22-17-8-3-13(12-18(23)24)11-16(17)20-19(25)14-4-6-15(7-5-14)21-9-1-2-10-21/h1-11,22H,12H2,(H,20,25)(H,23,24). The van der Waals surface area contributed by atoms with Gasteiger partial charge in [0.1, 0.15) is 5.75 Å². The summed E-state index contributed by atoms with van der Waals surface area (Å²) < 4.78 is 1.92. The number of amides is 1. The maximum atomic E-state index is 12.4. The number of hydrogen-bond donors (Lipinski definition) is 3. The third-order valence-electron chi connectivity index (χ3n) is 3.70. The van der Waals surface area contributed by atoms with Crippen LogP contribution in [0.15, 0.2) is 67.0 Å². The number of phenolic OH excluding ortho intramolecular Hbond substituents is 1. The Hall–Kier alpha value is -3.54. The second-order valence-electron chi connectivity index (χ2n) is 5.51. The number of rotatable bonds is 5. The fourth-order valence-electron chi connectivity index (χ4n) is 2.45. The molecule has 1 amide bonds. The van der Waals surface area contributed by atoms with Gasteiger partial charge in [0.05, 0.1) is 12.1 Å². The van der Waals surface area contributed by atoms with Crippen molar-refractivity contribution in [1.82, 2.24) is 4.57 Å². The molecule has 0 unspecified atom stereocenters. The highest BCUT2D eigenvalue weighted by atomic mass is 16.4. The lowest BCUT2D eigenvalue weighted by molar-refractivity contribution is -0.136. The van der Waals surface area contributed by atoms with E-state index < -0.39 is 5.97 Å². The molecule has 0 saturated carbocycles. The van der Waals surface area contributed by atoms with Crippen LogP contribution >= 0.6 is 0 Å². The summed E-state index contributed by atoms with van der Waals surface area (Å²) in [4.78, 5) is 23.1. The average Bonchev–Trinajstić information content (AvgIpc) is 3.12. The first-order valence-corrected chi connectivity index (χ1v) is 7.61. The number of aliphatic carboxylic acids is 1. The molecule has 3 N–H and O–H groups in total. The second-order valence-corrected chi connectivity index (χ2v) is 5.51. The largest absolute Gasteiger partial charge is 0.506 e. The second kappa shape index (κ2) is 6.92. The van der Waals surface area contributed by atoms with E-state index in [1.807, 2.05) is 41.2 Å². The van der Waals surface area contributed by atoms with Crippen molar-refractivity contribution in [3.05, 3.63) is 78.1 Å². The molecule has 0 aliphatic rings. The lowest BCUT2D eigenvalue weighted by atomic mass is 10.1. The number of nitrogens with zero attached hydrogens (tertiary/aromatic N) is 1. The summed E-state index contributed by atoms with van der Waals surface area (Å²) in [5, 5.41) is 21.3. The monoisotopic (exact) mass is 336 g/mol. The van der Waals surface area contributed by atoms with Gasteiger partial charge in [-0.25, -0.2) is 0 Å². The molecule has 1 heterocycles. The zero-order valence-corrected chi connectivity index (χ0v) is 13.2. The molecule has 3 aromatic rings. The van der Waals surface area contributed by atoms with Crippen LogP contribution in [-0.4, -0.2) is 26.7 Å². The lowest BCUT2D eigenvalue weighted by Gasteiger charge is -2.10. The number of aromatic nitrogens is 1. The topological polar surface area (TPSA) is 91.6 Å². The highest BCUT2D eigenvalue weighted by molar-refractivity contribution is 6.05. The van der Waals surface area contributed by atoms with Gasteiger partial charge in [0.15, 0.2) is 0 Å². The summed E-state index contributed by atoms with van der Waals surface area (Å²) in [6.07, 6.45) is 3.62. The van der Waals surface area contributed by atoms with E-state index in [2.05, 4.69) is 5.32 Å². The number of hydrogen-bond acceptors (Lipinski definition) is 3. The Balaban J connectivity index is 1.77. The van der Waals surface area contributed by atoms with E-state index in [0.717, 1.165) is 5.69 Å². The summed E-state index contributed by atoms with van der Waals surface area (Å²) in [6, 6.07) is 15.1. The third kappa shape index (κ3) is 3.87. The van der Waals surface area contributed by atoms with E-state index in [9.17, 15) is 14.7 Å². The highest BCUT2D eigenvalue weighted by Crippen LogP contribution is 2.25. The Bertz CT molecular complexity index is 900. The Kier molecular flexibility index (Phi) is 4.52. The van der Waals surface area contributed by atoms with Gasteiger partial charge in [-0.05, 0) is 54.1 Å². The van der Waals surface area contributed by atoms with Crippen LogP contribution in [0.3, 0.4) is 0 Å². The quantitative estimate of drug-likeness (QED) is 0.625. The van der Waals surface area contributed by atoms with E-state index in [-0.39, 0.29) is 23.8 Å². The maximum Gasteiger partial charge on any atom is 0.307 e. The lowest BCUT2D eigenvalue weighted by Crippen LogP contribution is -2.12. The summed E-state index contributed by atoms with van der Waals surface area (Å²) in [7, 11) is 0. The van der Waals surface area contributed by atoms with Gasteiger partial charge in [-0.1, -0.05) is 6.07 Å². The smallest absolute Gasteiger partial charge is 0.307 e. The predicted octanol–water partition coefficient (Wildman–Crippen LogP) is 3.06. The molecule has 0 radical (unpaired) electrons. The number of nitrogens with one attached hydrogen (secondary N) is 1. The van der Waals surface area contributed by atoms with Crippen molar-refractivity contribution in [2.45, 2.75) is 6.42 Å². The Morgan fingerprint density at radius 3 is 2.32 bits per heavy atom. The minimum Gasteiger partial charge on any atom is -0.506 e. The predicted molar refractivity (Wildman–Crippen MR) is 93.2 cm³/mol. The summed E-state index contributed by atoms with van der Waals surface area (Å²) in [6.45, 7) is 0. The first kappa shape index (κ1) is 16.3. The van der Waals surface area contributed by atoms with Crippen molar-refractivity contribution in [1.29, 1.82) is 0 Å². The van der Waals surface area contributed by atoms with Gasteiger partial charge in [0, 0.05) is 23.6 Å². The van der Waals surface area contributed by atoms with Crippen LogP contribution in [0, 0.1) is 0 Å². The van der Waals surface area contributed by atoms with Crippen LogP contribution in [0.25, 0.3) is 5.69 Å². The van der Waals surface area contributed by atoms with E-state index >= 15 is 0 Å². The molecule has 3 rings (SSSR count). The van der Waals surface area contributed by atoms with Gasteiger partial charge in [-0.15, -0.1) is 0 Å². The first-order valence-electron chi connectivity index (χ1n) is 7.61. The van der Waals surface area contributed by atoms with Crippen molar-refractivity contribution in [2.24, 2.45) is 0 Å². The van der Waals surface area contributed by atoms with Crippen LogP contribution < -0.4 is 5.32 Å². The molecular formula is C19H16N2O4. The molecule has 126 valence electrons. The normalized spacial score (nSPS) is 10.4. The van der Waals surface area contributed by atoms with Crippen LogP contribution in [0.2, 0.25) is 0 Å². The van der Waals surface area contributed by atoms with Crippen LogP contribution in [0.4, 0.5) is 5.69 Å². The molecule has 0 spiro atoms. The van der Waals surface area contributed by atoms with Gasteiger partial charge in [0.25, 0.3) is 5.91 Å².